The fourth-order valence-electron chi connectivity index (χ4n) is 7.01. The van der Waals surface area contributed by atoms with Crippen molar-refractivity contribution in [2.75, 3.05) is 24.6 Å². The van der Waals surface area contributed by atoms with Gasteiger partial charge >= 0.3 is 5.69 Å². The van der Waals surface area contributed by atoms with Gasteiger partial charge in [0.25, 0.3) is 5.92 Å². The van der Waals surface area contributed by atoms with E-state index in [-0.39, 0.29) is 54.2 Å². The van der Waals surface area contributed by atoms with Crippen molar-refractivity contribution in [3.05, 3.63) is 64.5 Å². The van der Waals surface area contributed by atoms with E-state index in [2.05, 4.69) is 21.5 Å². The van der Waals surface area contributed by atoms with E-state index in [1.807, 2.05) is 27.7 Å². The third kappa shape index (κ3) is 6.10. The minimum Gasteiger partial charge on any atom is -0.486 e. The molecule has 3 aromatic rings. The Bertz CT molecular complexity index is 1980. The number of benzene rings is 1. The second kappa shape index (κ2) is 12.7. The molecule has 0 radical (unpaired) electrons. The van der Waals surface area contributed by atoms with Crippen LogP contribution in [0.5, 0.6) is 5.75 Å². The van der Waals surface area contributed by atoms with Crippen LogP contribution in [0, 0.1) is 35.2 Å². The number of ether oxygens (including phenoxy) is 1. The van der Waals surface area contributed by atoms with Crippen LogP contribution in [0.4, 0.5) is 27.8 Å². The van der Waals surface area contributed by atoms with Crippen LogP contribution in [0.15, 0.2) is 46.3 Å². The van der Waals surface area contributed by atoms with Gasteiger partial charge in [-0.25, -0.2) is 36.3 Å². The molecule has 1 amide bonds. The van der Waals surface area contributed by atoms with E-state index in [4.69, 9.17) is 4.74 Å². The van der Waals surface area contributed by atoms with Crippen LogP contribution < -0.4 is 15.3 Å². The van der Waals surface area contributed by atoms with E-state index in [1.54, 1.807) is 22.9 Å². The number of hydrogen-bond acceptors (Lipinski definition) is 7. The zero-order chi connectivity index (χ0) is 35.5. The van der Waals surface area contributed by atoms with Gasteiger partial charge in [-0.15, -0.1) is 0 Å². The second-order valence-corrected chi connectivity index (χ2v) is 13.4. The van der Waals surface area contributed by atoms with E-state index in [9.17, 15) is 14.0 Å². The fourth-order valence-corrected chi connectivity index (χ4v) is 7.01. The Morgan fingerprint density at radius 1 is 1.06 bits per heavy atom. The Kier molecular flexibility index (Phi) is 8.86. The molecule has 14 heteroatoms. The summed E-state index contributed by atoms with van der Waals surface area (Å²) in [6.07, 6.45) is 2.07. The molecular formula is C35H37F5N6O3. The lowest BCUT2D eigenvalue weighted by Crippen LogP contribution is -2.58. The summed E-state index contributed by atoms with van der Waals surface area (Å²) in [4.78, 5) is 44.0. The van der Waals surface area contributed by atoms with Crippen molar-refractivity contribution < 1.29 is 31.5 Å². The molecule has 5 heterocycles. The number of halogens is 5. The summed E-state index contributed by atoms with van der Waals surface area (Å²) in [5.74, 6) is -9.14. The highest BCUT2D eigenvalue weighted by molar-refractivity contribution is 5.93. The largest absolute Gasteiger partial charge is 0.486 e. The molecule has 9 nitrogen and oxygen atoms in total. The van der Waals surface area contributed by atoms with Gasteiger partial charge in [0.1, 0.15) is 28.9 Å². The number of allylic oxidation sites excluding steroid dienone is 2. The molecule has 2 unspecified atom stereocenters. The quantitative estimate of drug-likeness (QED) is 0.233. The summed E-state index contributed by atoms with van der Waals surface area (Å²) in [7, 11) is 0. The zero-order valence-corrected chi connectivity index (χ0v) is 27.8. The molecule has 0 spiro atoms. The summed E-state index contributed by atoms with van der Waals surface area (Å²) in [6.45, 7) is 12.0. The van der Waals surface area contributed by atoms with Crippen LogP contribution >= 0.6 is 0 Å². The molecule has 3 aliphatic heterocycles. The molecule has 4 atom stereocenters. The van der Waals surface area contributed by atoms with Gasteiger partial charge in [0.05, 0.1) is 22.3 Å². The number of carbonyl (C=O) groups is 1. The van der Waals surface area contributed by atoms with Gasteiger partial charge in [-0.05, 0) is 44.2 Å². The Morgan fingerprint density at radius 3 is 2.49 bits per heavy atom. The number of anilines is 1. The number of aromatic nitrogens is 3. The number of amides is 1. The lowest BCUT2D eigenvalue weighted by Gasteiger charge is -2.44. The fraction of sp³-hybridized carbons (Fsp3) is 0.457. The van der Waals surface area contributed by atoms with Crippen molar-refractivity contribution in [2.24, 2.45) is 22.7 Å². The number of rotatable bonds is 3. The molecule has 1 aromatic carbocycles. The maximum Gasteiger partial charge on any atom is 0.355 e. The monoisotopic (exact) mass is 684 g/mol. The predicted octanol–water partition coefficient (Wildman–Crippen LogP) is 6.46. The highest BCUT2D eigenvalue weighted by Crippen LogP contribution is 2.43. The highest BCUT2D eigenvalue weighted by atomic mass is 19.3. The smallest absolute Gasteiger partial charge is 0.355 e. The Labute approximate surface area is 279 Å². The van der Waals surface area contributed by atoms with E-state index in [0.717, 1.165) is 6.07 Å². The molecule has 0 aliphatic carbocycles. The summed E-state index contributed by atoms with van der Waals surface area (Å²) in [5, 5.41) is 0.0881. The average molecular weight is 685 g/mol. The van der Waals surface area contributed by atoms with Crippen molar-refractivity contribution in [3.63, 3.8) is 0 Å². The summed E-state index contributed by atoms with van der Waals surface area (Å²) in [6, 6.07) is 1.51. The van der Waals surface area contributed by atoms with E-state index < -0.39 is 77.0 Å². The summed E-state index contributed by atoms with van der Waals surface area (Å²) in [5.41, 5.74) is -1.53. The van der Waals surface area contributed by atoms with Crippen LogP contribution in [-0.4, -0.2) is 69.3 Å². The van der Waals surface area contributed by atoms with Crippen molar-refractivity contribution in [1.29, 1.82) is 0 Å². The van der Waals surface area contributed by atoms with Gasteiger partial charge in [0.2, 0.25) is 5.91 Å². The molecule has 260 valence electrons. The van der Waals surface area contributed by atoms with Gasteiger partial charge in [-0.2, -0.15) is 4.98 Å². The molecule has 2 aromatic heterocycles. The van der Waals surface area contributed by atoms with Crippen LogP contribution in [0.3, 0.4) is 0 Å². The first-order valence-electron chi connectivity index (χ1n) is 16.2. The van der Waals surface area contributed by atoms with Crippen LogP contribution in [-0.2, 0) is 4.79 Å². The number of carbonyl (C=O) groups excluding carboxylic acids is 1. The number of nitrogens with zero attached hydrogens (tertiary/aromatic N) is 6. The molecule has 49 heavy (non-hydrogen) atoms. The molecule has 3 aliphatic rings. The zero-order valence-electron chi connectivity index (χ0n) is 27.8. The Morgan fingerprint density at radius 2 is 1.80 bits per heavy atom. The minimum atomic E-state index is -3.46. The lowest BCUT2D eigenvalue weighted by molar-refractivity contribution is -0.128. The van der Waals surface area contributed by atoms with Crippen molar-refractivity contribution in [2.45, 2.75) is 65.5 Å². The number of alkyl halides is 2. The first-order valence-corrected chi connectivity index (χ1v) is 16.2. The first-order chi connectivity index (χ1) is 23.1. The predicted molar refractivity (Wildman–Crippen MR) is 176 cm³/mol. The summed E-state index contributed by atoms with van der Waals surface area (Å²) < 4.78 is 83.7. The SMILES string of the molecule is C=CC(=O)N1C[C@H](C)N(c2nc(=O)n3c4nc(c(F)cc24)-c2c(F)cc(F)cc2OCC(F)(F)CCC2C3=C(C(C)C)N=CC2C)C[C@H]1C. The van der Waals surface area contributed by atoms with E-state index in [0.29, 0.717) is 23.5 Å². The van der Waals surface area contributed by atoms with Crippen LogP contribution in [0.2, 0.25) is 0 Å². The van der Waals surface area contributed by atoms with Crippen molar-refractivity contribution in [1.82, 2.24) is 19.4 Å². The normalized spacial score (nSPS) is 23.8. The molecule has 6 rings (SSSR count). The maximum absolute atomic E-state index is 16.3. The topological polar surface area (TPSA) is 92.9 Å². The van der Waals surface area contributed by atoms with Crippen LogP contribution in [0.1, 0.15) is 47.5 Å². The molecule has 0 saturated carbocycles. The molecule has 0 N–H and O–H groups in total. The van der Waals surface area contributed by atoms with Gasteiger partial charge in [-0.3, -0.25) is 9.79 Å². The van der Waals surface area contributed by atoms with E-state index >= 15 is 17.6 Å². The van der Waals surface area contributed by atoms with Gasteiger partial charge in [0, 0.05) is 55.9 Å². The van der Waals surface area contributed by atoms with Crippen LogP contribution in [0.25, 0.3) is 28.0 Å². The first kappa shape index (κ1) is 34.3. The number of pyridine rings is 1. The maximum atomic E-state index is 16.3. The molecule has 2 bridgehead atoms. The number of aliphatic imine (C=N–C) groups is 1. The number of hydrogen-bond donors (Lipinski definition) is 0. The summed E-state index contributed by atoms with van der Waals surface area (Å²) >= 11 is 0. The molecule has 1 fully saturated rings. The third-order valence-corrected chi connectivity index (χ3v) is 9.52. The third-order valence-electron chi connectivity index (χ3n) is 9.52. The lowest BCUT2D eigenvalue weighted by atomic mass is 9.82. The van der Waals surface area contributed by atoms with E-state index in [1.165, 1.54) is 10.6 Å². The Hall–Kier alpha value is -4.62. The highest BCUT2D eigenvalue weighted by Gasteiger charge is 2.39. The molecular weight excluding hydrogens is 647 g/mol. The van der Waals surface area contributed by atoms with Crippen molar-refractivity contribution >= 4 is 34.7 Å². The van der Waals surface area contributed by atoms with Gasteiger partial charge in [-0.1, -0.05) is 27.4 Å². The average Bonchev–Trinajstić information content (AvgIpc) is 3.03. The van der Waals surface area contributed by atoms with Gasteiger partial charge in [0.15, 0.2) is 18.1 Å². The number of piperazine rings is 1. The second-order valence-electron chi connectivity index (χ2n) is 13.4. The number of fused-ring (bicyclic) bond motifs is 5. The Balaban J connectivity index is 1.71. The minimum absolute atomic E-state index is 0.0850. The van der Waals surface area contributed by atoms with Gasteiger partial charge < -0.3 is 14.5 Å². The standard InChI is InChI=1S/C35H37F5N6O3/c1-7-27(47)44-14-20(6)45(15-19(44)5)32-23-12-25(38)30-28-24(37)10-21(36)11-26(28)49-16-35(39,40)9-8-22-18(4)13-41-29(17(2)3)31(22)46(33(23)42-30)34(48)43-32/h7,10-13,17-20,22H,1,8-9,14-16H2,2-6H3/t18?,19-,20+,22?/m1/s1. The van der Waals surface area contributed by atoms with Crippen molar-refractivity contribution in [3.8, 4) is 17.0 Å². The molecule has 1 saturated heterocycles.